The number of carbonyl (C=O) groups excluding carboxylic acids is 4. The summed E-state index contributed by atoms with van der Waals surface area (Å²) >= 11 is 12.4. The highest BCUT2D eigenvalue weighted by Crippen LogP contribution is 2.32. The molecule has 0 radical (unpaired) electrons. The summed E-state index contributed by atoms with van der Waals surface area (Å²) in [6.07, 6.45) is -0.178. The lowest BCUT2D eigenvalue weighted by Crippen LogP contribution is -2.32. The predicted molar refractivity (Wildman–Crippen MR) is 151 cm³/mol. The van der Waals surface area contributed by atoms with Gasteiger partial charge in [0, 0.05) is 16.4 Å². The van der Waals surface area contributed by atoms with Gasteiger partial charge < -0.3 is 15.4 Å². The number of amides is 3. The second-order valence-corrected chi connectivity index (χ2v) is 9.94. The number of halogens is 2. The molecule has 4 rings (SSSR count). The van der Waals surface area contributed by atoms with Crippen molar-refractivity contribution >= 4 is 64.0 Å². The van der Waals surface area contributed by atoms with Crippen LogP contribution in [0, 0.1) is 6.92 Å². The molecule has 0 fully saturated rings. The van der Waals surface area contributed by atoms with Gasteiger partial charge in [-0.15, -0.1) is 0 Å². The number of nitrogens with zero attached hydrogens (tertiary/aromatic N) is 1. The molecular weight excluding hydrogens is 541 g/mol. The summed E-state index contributed by atoms with van der Waals surface area (Å²) in [5.41, 5.74) is 3.10. The summed E-state index contributed by atoms with van der Waals surface area (Å²) in [7, 11) is 0. The first-order valence-electron chi connectivity index (χ1n) is 12.0. The number of esters is 1. The number of rotatable bonds is 8. The first kappa shape index (κ1) is 27.9. The summed E-state index contributed by atoms with van der Waals surface area (Å²) in [6.45, 7) is 5.34. The van der Waals surface area contributed by atoms with Crippen molar-refractivity contribution in [3.63, 3.8) is 0 Å². The van der Waals surface area contributed by atoms with Gasteiger partial charge in [-0.1, -0.05) is 47.5 Å². The van der Waals surface area contributed by atoms with Crippen molar-refractivity contribution < 1.29 is 23.9 Å². The quantitative estimate of drug-likeness (QED) is 0.263. The normalized spacial score (nSPS) is 13.2. The van der Waals surface area contributed by atoms with Crippen LogP contribution in [-0.2, 0) is 25.5 Å². The average Bonchev–Trinajstić information content (AvgIpc) is 3.09. The maximum absolute atomic E-state index is 13.0. The van der Waals surface area contributed by atoms with Crippen LogP contribution >= 0.6 is 23.2 Å². The molecule has 3 aromatic carbocycles. The first-order valence-corrected chi connectivity index (χ1v) is 12.8. The highest BCUT2D eigenvalue weighted by atomic mass is 35.5. The van der Waals surface area contributed by atoms with E-state index in [1.807, 2.05) is 6.92 Å². The maximum atomic E-state index is 13.0. The van der Waals surface area contributed by atoms with E-state index >= 15 is 0 Å². The van der Waals surface area contributed by atoms with E-state index in [-0.39, 0.29) is 29.2 Å². The fourth-order valence-electron chi connectivity index (χ4n) is 3.81. The smallest absolute Gasteiger partial charge is 0.338 e. The van der Waals surface area contributed by atoms with Gasteiger partial charge in [0.2, 0.25) is 5.91 Å². The van der Waals surface area contributed by atoms with Crippen LogP contribution in [0.5, 0.6) is 0 Å². The van der Waals surface area contributed by atoms with Crippen LogP contribution in [0.15, 0.2) is 77.5 Å². The number of benzene rings is 3. The van der Waals surface area contributed by atoms with Crippen LogP contribution in [0.2, 0.25) is 5.02 Å². The number of carbonyl (C=O) groups is 4. The Hall–Kier alpha value is -4.14. The molecule has 0 bridgehead atoms. The molecule has 0 aliphatic carbocycles. The zero-order chi connectivity index (χ0) is 28.3. The van der Waals surface area contributed by atoms with E-state index < -0.39 is 17.8 Å². The maximum Gasteiger partial charge on any atom is 0.338 e. The second-order valence-electron chi connectivity index (χ2n) is 9.15. The Bertz CT molecular complexity index is 1500. The van der Waals surface area contributed by atoms with E-state index in [0.717, 1.165) is 10.5 Å². The second kappa shape index (κ2) is 11.7. The number of hydrogen-bond acceptors (Lipinski definition) is 6. The van der Waals surface area contributed by atoms with E-state index in [9.17, 15) is 19.2 Å². The zero-order valence-electron chi connectivity index (χ0n) is 21.4. The zero-order valence-corrected chi connectivity index (χ0v) is 22.9. The number of hydrogen-bond donors (Lipinski definition) is 2. The first-order chi connectivity index (χ1) is 18.5. The van der Waals surface area contributed by atoms with Crippen molar-refractivity contribution in [2.75, 3.05) is 15.5 Å². The lowest BCUT2D eigenvalue weighted by Gasteiger charge is -2.16. The van der Waals surface area contributed by atoms with Crippen molar-refractivity contribution in [1.82, 2.24) is 0 Å². The SMILES string of the molecule is Cc1ccc(N2C(=O)C(Cl)=C(Nc3ccc(CC(=O)Nc4cccc(C(=O)OC(C)C)c4)cc3)C2=O)cc1Cl. The molecule has 2 N–H and O–H groups in total. The summed E-state index contributed by atoms with van der Waals surface area (Å²) in [6, 6.07) is 18.2. The minimum Gasteiger partial charge on any atom is -0.459 e. The van der Waals surface area contributed by atoms with Crippen LogP contribution in [-0.4, -0.2) is 29.8 Å². The largest absolute Gasteiger partial charge is 0.459 e. The lowest BCUT2D eigenvalue weighted by molar-refractivity contribution is -0.120. The van der Waals surface area contributed by atoms with Crippen LogP contribution in [0.4, 0.5) is 17.1 Å². The van der Waals surface area contributed by atoms with E-state index in [4.69, 9.17) is 27.9 Å². The van der Waals surface area contributed by atoms with E-state index in [0.29, 0.717) is 33.2 Å². The van der Waals surface area contributed by atoms with Crippen molar-refractivity contribution in [2.45, 2.75) is 33.3 Å². The number of imide groups is 1. The predicted octanol–water partition coefficient (Wildman–Crippen LogP) is 5.83. The van der Waals surface area contributed by atoms with E-state index in [1.54, 1.807) is 74.5 Å². The molecule has 1 aliphatic rings. The van der Waals surface area contributed by atoms with Crippen LogP contribution in [0.3, 0.4) is 0 Å². The molecule has 0 saturated carbocycles. The third-order valence-corrected chi connectivity index (χ3v) is 6.51. The van der Waals surface area contributed by atoms with Gasteiger partial charge in [-0.3, -0.25) is 14.4 Å². The molecule has 39 heavy (non-hydrogen) atoms. The van der Waals surface area contributed by atoms with E-state index in [1.165, 1.54) is 6.07 Å². The van der Waals surface area contributed by atoms with Crippen molar-refractivity contribution in [3.8, 4) is 0 Å². The molecular formula is C29H25Cl2N3O5. The Balaban J connectivity index is 1.39. The standard InChI is InChI=1S/C29H25Cl2N3O5/c1-16(2)39-29(38)19-5-4-6-21(14-19)32-24(35)13-18-8-10-20(11-9-18)33-26-25(31)27(36)34(28(26)37)22-12-7-17(3)23(30)15-22/h4-12,14-16,33H,13H2,1-3H3,(H,32,35). The Kier molecular flexibility index (Phi) is 8.38. The highest BCUT2D eigenvalue weighted by Gasteiger charge is 2.39. The molecule has 0 saturated heterocycles. The summed E-state index contributed by atoms with van der Waals surface area (Å²) in [5, 5.41) is 5.86. The van der Waals surface area contributed by atoms with Crippen molar-refractivity contribution in [1.29, 1.82) is 0 Å². The fraction of sp³-hybridized carbons (Fsp3) is 0.172. The average molecular weight is 566 g/mol. The Labute approximate surface area is 235 Å². The van der Waals surface area contributed by atoms with Gasteiger partial charge in [-0.2, -0.15) is 0 Å². The molecule has 3 aromatic rings. The third-order valence-electron chi connectivity index (χ3n) is 5.75. The molecule has 1 heterocycles. The van der Waals surface area contributed by atoms with Crippen LogP contribution in [0.25, 0.3) is 0 Å². The van der Waals surface area contributed by atoms with Crippen molar-refractivity contribution in [2.24, 2.45) is 0 Å². The molecule has 8 nitrogen and oxygen atoms in total. The Morgan fingerprint density at radius 2 is 1.64 bits per heavy atom. The van der Waals surface area contributed by atoms with Gasteiger partial charge >= 0.3 is 5.97 Å². The molecule has 1 aliphatic heterocycles. The number of anilines is 3. The van der Waals surface area contributed by atoms with Gasteiger partial charge in [-0.05, 0) is 74.4 Å². The monoisotopic (exact) mass is 565 g/mol. The number of ether oxygens (including phenoxy) is 1. The van der Waals surface area contributed by atoms with Gasteiger partial charge in [0.05, 0.1) is 23.8 Å². The molecule has 0 atom stereocenters. The molecule has 3 amide bonds. The minimum atomic E-state index is -0.654. The summed E-state index contributed by atoms with van der Waals surface area (Å²) < 4.78 is 5.19. The Morgan fingerprint density at radius 3 is 2.31 bits per heavy atom. The van der Waals surface area contributed by atoms with Gasteiger partial charge in [0.1, 0.15) is 10.7 Å². The molecule has 0 aromatic heterocycles. The van der Waals surface area contributed by atoms with Crippen LogP contribution in [0.1, 0.15) is 35.3 Å². The molecule has 200 valence electrons. The summed E-state index contributed by atoms with van der Waals surface area (Å²) in [5.74, 6) is -2.00. The number of aryl methyl sites for hydroxylation is 1. The molecule has 10 heteroatoms. The summed E-state index contributed by atoms with van der Waals surface area (Å²) in [4.78, 5) is 51.4. The topological polar surface area (TPSA) is 105 Å². The lowest BCUT2D eigenvalue weighted by atomic mass is 10.1. The minimum absolute atomic E-state index is 0.0558. The number of nitrogens with one attached hydrogen (secondary N) is 2. The van der Waals surface area contributed by atoms with E-state index in [2.05, 4.69) is 10.6 Å². The van der Waals surface area contributed by atoms with Crippen LogP contribution < -0.4 is 15.5 Å². The fourth-order valence-corrected chi connectivity index (χ4v) is 4.20. The molecule has 0 spiro atoms. The highest BCUT2D eigenvalue weighted by molar-refractivity contribution is 6.53. The molecule has 0 unspecified atom stereocenters. The van der Waals surface area contributed by atoms with Gasteiger partial charge in [0.25, 0.3) is 11.8 Å². The Morgan fingerprint density at radius 1 is 0.923 bits per heavy atom. The van der Waals surface area contributed by atoms with Crippen molar-refractivity contribution in [3.05, 3.63) is 99.2 Å². The van der Waals surface area contributed by atoms with Gasteiger partial charge in [0.15, 0.2) is 0 Å². The van der Waals surface area contributed by atoms with Gasteiger partial charge in [-0.25, -0.2) is 9.69 Å². The third kappa shape index (κ3) is 6.47.